The smallest absolute Gasteiger partial charge is 0.282 e. The fourth-order valence-corrected chi connectivity index (χ4v) is 4.41. The molecule has 0 spiro atoms. The average molecular weight is 416 g/mol. The first-order valence-corrected chi connectivity index (χ1v) is 10.2. The predicted octanol–water partition coefficient (Wildman–Crippen LogP) is 4.11. The Morgan fingerprint density at radius 2 is 2.07 bits per heavy atom. The van der Waals surface area contributed by atoms with E-state index in [1.807, 2.05) is 36.7 Å². The molecular formula is C18H16N4O4S2. The Morgan fingerprint density at radius 1 is 1.29 bits per heavy atom. The lowest BCUT2D eigenvalue weighted by atomic mass is 10.1. The van der Waals surface area contributed by atoms with Gasteiger partial charge in [-0.05, 0) is 31.4 Å². The number of thiophene rings is 1. The molecule has 0 N–H and O–H groups in total. The molecule has 0 saturated heterocycles. The number of thiazole rings is 1. The molecule has 3 heterocycles. The molecule has 0 atom stereocenters. The fraction of sp³-hybridized carbons (Fsp3) is 0.222. The van der Waals surface area contributed by atoms with Crippen LogP contribution in [0.3, 0.4) is 0 Å². The monoisotopic (exact) mass is 416 g/mol. The maximum absolute atomic E-state index is 11.5. The van der Waals surface area contributed by atoms with Crippen molar-refractivity contribution in [1.82, 2.24) is 4.68 Å². The van der Waals surface area contributed by atoms with Crippen LogP contribution in [0.2, 0.25) is 0 Å². The van der Waals surface area contributed by atoms with Crippen LogP contribution in [0.25, 0.3) is 10.6 Å². The van der Waals surface area contributed by atoms with Crippen molar-refractivity contribution in [2.24, 2.45) is 10.1 Å². The standard InChI is InChI=1S/C18H16N4O4S2/c1-11(2)20-18-21(14(9-28-18)17-4-3-5-27-17)19-8-12-6-15-16(26-10-25-15)7-13(12)22(23)24/h3-9,11H,10H2,1-2H3. The minimum atomic E-state index is -0.457. The molecule has 10 heteroatoms. The summed E-state index contributed by atoms with van der Waals surface area (Å²) in [5, 5.41) is 20.0. The molecule has 0 saturated carbocycles. The van der Waals surface area contributed by atoms with E-state index in [1.165, 1.54) is 23.6 Å². The van der Waals surface area contributed by atoms with E-state index < -0.39 is 4.92 Å². The molecule has 1 aliphatic heterocycles. The third kappa shape index (κ3) is 3.56. The summed E-state index contributed by atoms with van der Waals surface area (Å²) in [4.78, 5) is 17.4. The number of aromatic nitrogens is 1. The Hall–Kier alpha value is -2.98. The van der Waals surface area contributed by atoms with E-state index in [9.17, 15) is 10.1 Å². The van der Waals surface area contributed by atoms with Crippen molar-refractivity contribution in [3.63, 3.8) is 0 Å². The van der Waals surface area contributed by atoms with Crippen molar-refractivity contribution in [3.05, 3.63) is 55.5 Å². The van der Waals surface area contributed by atoms with Crippen LogP contribution in [-0.4, -0.2) is 28.6 Å². The SMILES string of the molecule is CC(C)N=c1scc(-c2cccs2)n1N=Cc1cc2c(cc1[N+](=O)[O-])OCO2. The fourth-order valence-electron chi connectivity index (χ4n) is 2.64. The third-order valence-electron chi connectivity index (χ3n) is 3.86. The van der Waals surface area contributed by atoms with Gasteiger partial charge in [0.2, 0.25) is 11.6 Å². The van der Waals surface area contributed by atoms with Gasteiger partial charge in [0, 0.05) is 11.4 Å². The summed E-state index contributed by atoms with van der Waals surface area (Å²) in [6, 6.07) is 6.99. The van der Waals surface area contributed by atoms with Crippen LogP contribution >= 0.6 is 22.7 Å². The minimum Gasteiger partial charge on any atom is -0.454 e. The van der Waals surface area contributed by atoms with Crippen molar-refractivity contribution >= 4 is 34.6 Å². The number of nitro groups is 1. The summed E-state index contributed by atoms with van der Waals surface area (Å²) >= 11 is 3.07. The number of nitro benzene ring substituents is 1. The van der Waals surface area contributed by atoms with Gasteiger partial charge in [-0.1, -0.05) is 6.07 Å². The minimum absolute atomic E-state index is 0.0479. The summed E-state index contributed by atoms with van der Waals surface area (Å²) in [5.74, 6) is 0.828. The van der Waals surface area contributed by atoms with Gasteiger partial charge in [-0.2, -0.15) is 5.10 Å². The molecule has 2 aromatic heterocycles. The topological polar surface area (TPSA) is 91.2 Å². The molecule has 1 aromatic carbocycles. The van der Waals surface area contributed by atoms with Crippen LogP contribution in [0.4, 0.5) is 5.69 Å². The molecule has 0 radical (unpaired) electrons. The van der Waals surface area contributed by atoms with Crippen LogP contribution < -0.4 is 14.3 Å². The summed E-state index contributed by atoms with van der Waals surface area (Å²) < 4.78 is 12.3. The van der Waals surface area contributed by atoms with Crippen molar-refractivity contribution in [2.45, 2.75) is 19.9 Å². The van der Waals surface area contributed by atoms with Gasteiger partial charge in [0.05, 0.1) is 33.3 Å². The van der Waals surface area contributed by atoms with Gasteiger partial charge < -0.3 is 9.47 Å². The van der Waals surface area contributed by atoms with Gasteiger partial charge in [0.25, 0.3) is 5.69 Å². The number of benzene rings is 1. The van der Waals surface area contributed by atoms with Gasteiger partial charge in [-0.3, -0.25) is 15.1 Å². The zero-order chi connectivity index (χ0) is 19.7. The van der Waals surface area contributed by atoms with Crippen molar-refractivity contribution in [1.29, 1.82) is 0 Å². The quantitative estimate of drug-likeness (QED) is 0.356. The average Bonchev–Trinajstić information content (AvgIpc) is 3.39. The summed E-state index contributed by atoms with van der Waals surface area (Å²) in [6.07, 6.45) is 1.46. The Labute approximate surface area is 168 Å². The maximum atomic E-state index is 11.5. The largest absolute Gasteiger partial charge is 0.454 e. The van der Waals surface area contributed by atoms with Crippen LogP contribution in [-0.2, 0) is 0 Å². The summed E-state index contributed by atoms with van der Waals surface area (Å²) in [5.41, 5.74) is 1.13. The molecule has 8 nitrogen and oxygen atoms in total. The molecule has 28 heavy (non-hydrogen) atoms. The van der Waals surface area contributed by atoms with E-state index in [4.69, 9.17) is 9.47 Å². The van der Waals surface area contributed by atoms with Crippen molar-refractivity contribution < 1.29 is 14.4 Å². The lowest BCUT2D eigenvalue weighted by Crippen LogP contribution is -2.14. The zero-order valence-corrected chi connectivity index (χ0v) is 16.7. The second-order valence-corrected chi connectivity index (χ2v) is 7.97. The predicted molar refractivity (Wildman–Crippen MR) is 109 cm³/mol. The number of nitrogens with zero attached hydrogens (tertiary/aromatic N) is 4. The molecule has 0 bridgehead atoms. The number of hydrogen-bond donors (Lipinski definition) is 0. The highest BCUT2D eigenvalue weighted by Gasteiger charge is 2.22. The van der Waals surface area contributed by atoms with Crippen LogP contribution in [0, 0.1) is 10.1 Å². The van der Waals surface area contributed by atoms with E-state index in [0.29, 0.717) is 17.1 Å². The van der Waals surface area contributed by atoms with Gasteiger partial charge in [-0.25, -0.2) is 4.68 Å². The summed E-state index contributed by atoms with van der Waals surface area (Å²) in [6.45, 7) is 4.02. The first-order valence-electron chi connectivity index (χ1n) is 8.43. The molecule has 4 rings (SSSR count). The first-order chi connectivity index (χ1) is 13.5. The van der Waals surface area contributed by atoms with E-state index in [1.54, 1.807) is 22.1 Å². The molecular weight excluding hydrogens is 400 g/mol. The maximum Gasteiger partial charge on any atom is 0.282 e. The normalized spacial score (nSPS) is 13.8. The van der Waals surface area contributed by atoms with E-state index in [0.717, 1.165) is 15.4 Å². The molecule has 1 aliphatic rings. The molecule has 0 fully saturated rings. The highest BCUT2D eigenvalue weighted by molar-refractivity contribution is 7.14. The number of rotatable bonds is 5. The highest BCUT2D eigenvalue weighted by atomic mass is 32.1. The van der Waals surface area contributed by atoms with E-state index in [-0.39, 0.29) is 18.5 Å². The molecule has 0 aliphatic carbocycles. The highest BCUT2D eigenvalue weighted by Crippen LogP contribution is 2.37. The third-order valence-corrected chi connectivity index (χ3v) is 5.58. The number of fused-ring (bicyclic) bond motifs is 1. The summed E-state index contributed by atoms with van der Waals surface area (Å²) in [7, 11) is 0. The van der Waals surface area contributed by atoms with Crippen molar-refractivity contribution in [2.75, 3.05) is 6.79 Å². The number of ether oxygens (including phenoxy) is 2. The van der Waals surface area contributed by atoms with Crippen LogP contribution in [0.15, 0.2) is 45.1 Å². The van der Waals surface area contributed by atoms with E-state index >= 15 is 0 Å². The van der Waals surface area contributed by atoms with Gasteiger partial charge in [-0.15, -0.1) is 22.7 Å². The second-order valence-electron chi connectivity index (χ2n) is 6.18. The number of hydrogen-bond acceptors (Lipinski definition) is 8. The van der Waals surface area contributed by atoms with Gasteiger partial charge >= 0.3 is 0 Å². The Bertz CT molecular complexity index is 1110. The molecule has 144 valence electrons. The Kier molecular flexibility index (Phi) is 4.97. The Balaban J connectivity index is 1.82. The van der Waals surface area contributed by atoms with Gasteiger partial charge in [0.1, 0.15) is 0 Å². The van der Waals surface area contributed by atoms with Crippen LogP contribution in [0.1, 0.15) is 19.4 Å². The second kappa shape index (κ2) is 7.56. The zero-order valence-electron chi connectivity index (χ0n) is 15.1. The van der Waals surface area contributed by atoms with Crippen molar-refractivity contribution in [3.8, 4) is 22.1 Å². The van der Waals surface area contributed by atoms with Gasteiger partial charge in [0.15, 0.2) is 11.5 Å². The Morgan fingerprint density at radius 3 is 2.75 bits per heavy atom. The molecule has 0 amide bonds. The van der Waals surface area contributed by atoms with Crippen LogP contribution in [0.5, 0.6) is 11.5 Å². The lowest BCUT2D eigenvalue weighted by Gasteiger charge is -2.03. The first kappa shape index (κ1) is 18.4. The lowest BCUT2D eigenvalue weighted by molar-refractivity contribution is -0.385. The van der Waals surface area contributed by atoms with E-state index in [2.05, 4.69) is 10.1 Å². The molecule has 0 unspecified atom stereocenters. The molecule has 3 aromatic rings.